The second-order valence-electron chi connectivity index (χ2n) is 10.9. The van der Waals surface area contributed by atoms with Crippen LogP contribution in [0.3, 0.4) is 0 Å². The zero-order chi connectivity index (χ0) is 31.1. The summed E-state index contributed by atoms with van der Waals surface area (Å²) in [5, 5.41) is 19.3. The number of hydrogen-bond acceptors (Lipinski definition) is 10. The van der Waals surface area contributed by atoms with Gasteiger partial charge in [0.2, 0.25) is 5.13 Å². The smallest absolute Gasteiger partial charge is 0.416 e. The van der Waals surface area contributed by atoms with Crippen LogP contribution in [-0.2, 0) is 16.7 Å². The average Bonchev–Trinajstić information content (AvgIpc) is 3.42. The molecule has 1 aromatic heterocycles. The lowest BCUT2D eigenvalue weighted by atomic mass is 9.68. The predicted octanol–water partition coefficient (Wildman–Crippen LogP) is 6.81. The molecular formula is C30H28F3N5O3S2. The maximum Gasteiger partial charge on any atom is 0.416 e. The van der Waals surface area contributed by atoms with Crippen LogP contribution < -0.4 is 20.1 Å². The Labute approximate surface area is 255 Å². The molecule has 0 bridgehead atoms. The molecule has 224 valence electrons. The van der Waals surface area contributed by atoms with Crippen molar-refractivity contribution in [2.24, 2.45) is 11.1 Å². The minimum atomic E-state index is -4.43. The van der Waals surface area contributed by atoms with Crippen LogP contribution >= 0.6 is 23.1 Å². The molecular weight excluding hydrogens is 599 g/mol. The van der Waals surface area contributed by atoms with E-state index in [9.17, 15) is 23.2 Å². The quantitative estimate of drug-likeness (QED) is 0.282. The molecule has 0 saturated heterocycles. The fraction of sp³-hybridized carbons (Fsp3) is 0.333. The second kappa shape index (κ2) is 11.6. The summed E-state index contributed by atoms with van der Waals surface area (Å²) in [4.78, 5) is 15.5. The Kier molecular flexibility index (Phi) is 8.20. The number of nitriles is 1. The Morgan fingerprint density at radius 3 is 2.60 bits per heavy atom. The highest BCUT2D eigenvalue weighted by atomic mass is 32.2. The van der Waals surface area contributed by atoms with Crippen LogP contribution in [0.5, 0.6) is 11.5 Å². The molecule has 0 radical (unpaired) electrons. The Morgan fingerprint density at radius 1 is 1.16 bits per heavy atom. The number of carbonyl (C=O) groups is 1. The van der Waals surface area contributed by atoms with Crippen molar-refractivity contribution in [2.75, 3.05) is 19.1 Å². The van der Waals surface area contributed by atoms with Crippen molar-refractivity contribution >= 4 is 34.0 Å². The highest BCUT2D eigenvalue weighted by Gasteiger charge is 2.46. The Balaban J connectivity index is 1.56. The van der Waals surface area contributed by atoms with Crippen LogP contribution in [0.15, 0.2) is 69.5 Å². The van der Waals surface area contributed by atoms with Crippen LogP contribution in [-0.4, -0.2) is 30.2 Å². The Hall–Kier alpha value is -4.02. The number of nitrogens with zero attached hydrogens (tertiary/aromatic N) is 4. The van der Waals surface area contributed by atoms with Crippen LogP contribution in [0, 0.1) is 16.7 Å². The topological polar surface area (TPSA) is 114 Å². The summed E-state index contributed by atoms with van der Waals surface area (Å²) in [6, 6.07) is 12.6. The summed E-state index contributed by atoms with van der Waals surface area (Å²) >= 11 is 2.42. The van der Waals surface area contributed by atoms with Gasteiger partial charge in [-0.3, -0.25) is 9.69 Å². The molecule has 8 nitrogen and oxygen atoms in total. The minimum Gasteiger partial charge on any atom is -0.497 e. The van der Waals surface area contributed by atoms with Crippen LogP contribution in [0.1, 0.15) is 49.3 Å². The molecule has 3 aromatic rings. The number of rotatable bonds is 7. The van der Waals surface area contributed by atoms with Gasteiger partial charge in [-0.05, 0) is 41.7 Å². The first-order chi connectivity index (χ1) is 20.4. The zero-order valence-electron chi connectivity index (χ0n) is 23.8. The second-order valence-corrected chi connectivity index (χ2v) is 13.1. The van der Waals surface area contributed by atoms with Gasteiger partial charge >= 0.3 is 6.18 Å². The van der Waals surface area contributed by atoms with Crippen molar-refractivity contribution in [1.29, 1.82) is 5.26 Å². The van der Waals surface area contributed by atoms with E-state index in [1.807, 2.05) is 13.8 Å². The van der Waals surface area contributed by atoms with Gasteiger partial charge < -0.3 is 15.2 Å². The van der Waals surface area contributed by atoms with Gasteiger partial charge in [0.25, 0.3) is 0 Å². The molecule has 0 unspecified atom stereocenters. The number of Topliss-reactive ketones (excluding diaryl/α,β-unsaturated/α-hetero) is 1. The van der Waals surface area contributed by atoms with Gasteiger partial charge in [0, 0.05) is 29.0 Å². The molecule has 5 rings (SSSR count). The summed E-state index contributed by atoms with van der Waals surface area (Å²) in [5.41, 5.74) is 7.89. The van der Waals surface area contributed by atoms with E-state index in [-0.39, 0.29) is 29.4 Å². The van der Waals surface area contributed by atoms with E-state index in [0.717, 1.165) is 12.1 Å². The van der Waals surface area contributed by atoms with E-state index in [2.05, 4.69) is 16.3 Å². The van der Waals surface area contributed by atoms with Gasteiger partial charge in [0.05, 0.1) is 37.3 Å². The van der Waals surface area contributed by atoms with E-state index in [4.69, 9.17) is 15.2 Å². The summed E-state index contributed by atoms with van der Waals surface area (Å²) in [6.07, 6.45) is -3.69. The SMILES string of the molecule is COc1ccc(OC)c([C@H]2C(C#N)=C(N)N(c3nnc(SCc4cccc(C(F)(F)F)c4)s3)C3=C2C(=O)CC(C)(C)C3)c1. The Morgan fingerprint density at radius 2 is 1.93 bits per heavy atom. The molecule has 1 atom stereocenters. The van der Waals surface area contributed by atoms with Gasteiger partial charge in [0.1, 0.15) is 17.3 Å². The molecule has 2 heterocycles. The third-order valence-corrected chi connectivity index (χ3v) is 9.45. The first-order valence-electron chi connectivity index (χ1n) is 13.2. The van der Waals surface area contributed by atoms with E-state index in [1.165, 1.54) is 43.4 Å². The number of ether oxygens (including phenoxy) is 2. The van der Waals surface area contributed by atoms with Crippen LogP contribution in [0.4, 0.5) is 18.3 Å². The number of nitrogens with two attached hydrogens (primary N) is 1. The number of halogens is 3. The molecule has 2 N–H and O–H groups in total. The number of ketones is 1. The molecule has 13 heteroatoms. The molecule has 1 aliphatic carbocycles. The van der Waals surface area contributed by atoms with Crippen molar-refractivity contribution in [3.8, 4) is 17.6 Å². The number of benzene rings is 2. The lowest BCUT2D eigenvalue weighted by molar-refractivity contribution is -0.137. The monoisotopic (exact) mass is 627 g/mol. The summed E-state index contributed by atoms with van der Waals surface area (Å²) in [6.45, 7) is 3.98. The fourth-order valence-electron chi connectivity index (χ4n) is 5.44. The molecule has 2 aliphatic rings. The van der Waals surface area contributed by atoms with Gasteiger partial charge in [-0.1, -0.05) is 55.1 Å². The molecule has 43 heavy (non-hydrogen) atoms. The number of carbonyl (C=O) groups excluding carboxylic acids is 1. The van der Waals surface area contributed by atoms with Gasteiger partial charge in [-0.25, -0.2) is 0 Å². The van der Waals surface area contributed by atoms with E-state index in [1.54, 1.807) is 29.2 Å². The molecule has 2 aromatic carbocycles. The van der Waals surface area contributed by atoms with Crippen molar-refractivity contribution in [3.63, 3.8) is 0 Å². The zero-order valence-corrected chi connectivity index (χ0v) is 25.4. The van der Waals surface area contributed by atoms with Gasteiger partial charge in [-0.15, -0.1) is 10.2 Å². The predicted molar refractivity (Wildman–Crippen MR) is 158 cm³/mol. The van der Waals surface area contributed by atoms with E-state index < -0.39 is 23.1 Å². The molecule has 0 fully saturated rings. The van der Waals surface area contributed by atoms with Crippen molar-refractivity contribution in [2.45, 2.75) is 48.9 Å². The van der Waals surface area contributed by atoms with E-state index in [0.29, 0.717) is 49.8 Å². The standard InChI is InChI=1S/C30H28F3N5O3S2/c1-29(2)12-21-25(22(39)13-29)24(19-11-18(40-3)8-9-23(19)41-4)20(14-34)26(35)38(21)27-36-37-28(43-27)42-15-16-6-5-7-17(10-16)30(31,32)33/h5-11,24H,12-13,15,35H2,1-4H3/t24-/m0/s1. The molecule has 0 amide bonds. The summed E-state index contributed by atoms with van der Waals surface area (Å²) in [7, 11) is 3.04. The average molecular weight is 628 g/mol. The summed E-state index contributed by atoms with van der Waals surface area (Å²) in [5.74, 6) is 0.472. The van der Waals surface area contributed by atoms with Crippen LogP contribution in [0.2, 0.25) is 0 Å². The normalized spacial score (nSPS) is 18.4. The van der Waals surface area contributed by atoms with Crippen molar-refractivity contribution < 1.29 is 27.4 Å². The van der Waals surface area contributed by atoms with Crippen molar-refractivity contribution in [3.05, 3.63) is 81.8 Å². The van der Waals surface area contributed by atoms with Gasteiger partial charge in [-0.2, -0.15) is 18.4 Å². The van der Waals surface area contributed by atoms with Crippen LogP contribution in [0.25, 0.3) is 0 Å². The number of alkyl halides is 3. The maximum atomic E-state index is 13.8. The highest BCUT2D eigenvalue weighted by molar-refractivity contribution is 8.00. The minimum absolute atomic E-state index is 0.116. The number of hydrogen-bond donors (Lipinski definition) is 1. The highest BCUT2D eigenvalue weighted by Crippen LogP contribution is 2.52. The lowest BCUT2D eigenvalue weighted by Crippen LogP contribution is -2.42. The van der Waals surface area contributed by atoms with E-state index >= 15 is 0 Å². The maximum absolute atomic E-state index is 13.8. The third-order valence-electron chi connectivity index (χ3n) is 7.33. The number of aromatic nitrogens is 2. The first-order valence-corrected chi connectivity index (χ1v) is 15.0. The molecule has 0 spiro atoms. The molecule has 1 aliphatic heterocycles. The Bertz CT molecular complexity index is 1690. The number of methoxy groups -OCH3 is 2. The largest absolute Gasteiger partial charge is 0.497 e. The van der Waals surface area contributed by atoms with Gasteiger partial charge in [0.15, 0.2) is 10.1 Å². The number of thioether (sulfide) groups is 1. The first kappa shape index (κ1) is 30.4. The fourth-order valence-corrected chi connectivity index (χ4v) is 7.26. The number of anilines is 1. The third kappa shape index (κ3) is 5.94. The number of allylic oxidation sites excluding steroid dienone is 3. The van der Waals surface area contributed by atoms with Crippen molar-refractivity contribution in [1.82, 2.24) is 10.2 Å². The lowest BCUT2D eigenvalue weighted by Gasteiger charge is -2.42. The summed E-state index contributed by atoms with van der Waals surface area (Å²) < 4.78 is 51.0. The molecule has 0 saturated carbocycles.